The van der Waals surface area contributed by atoms with E-state index in [4.69, 9.17) is 15.2 Å². The molecule has 1 unspecified atom stereocenters. The van der Waals surface area contributed by atoms with Gasteiger partial charge in [0.15, 0.2) is 11.5 Å². The average molecular weight is 205 g/mol. The van der Waals surface area contributed by atoms with Crippen LogP contribution < -0.4 is 15.2 Å². The molecule has 0 bridgehead atoms. The van der Waals surface area contributed by atoms with Crippen LogP contribution in [0.3, 0.4) is 0 Å². The van der Waals surface area contributed by atoms with E-state index in [-0.39, 0.29) is 6.10 Å². The fraction of sp³-hybridized carbons (Fsp3) is 0.300. The molecule has 5 heteroatoms. The van der Waals surface area contributed by atoms with Gasteiger partial charge in [-0.05, 0) is 12.1 Å². The van der Waals surface area contributed by atoms with Gasteiger partial charge in [-0.1, -0.05) is 0 Å². The van der Waals surface area contributed by atoms with E-state index in [9.17, 15) is 0 Å². The highest BCUT2D eigenvalue weighted by atomic mass is 16.6. The van der Waals surface area contributed by atoms with Gasteiger partial charge >= 0.3 is 0 Å². The minimum Gasteiger partial charge on any atom is -0.486 e. The fourth-order valence-corrected chi connectivity index (χ4v) is 1.69. The Balaban J connectivity index is 2.15. The Morgan fingerprint density at radius 1 is 1.53 bits per heavy atom. The molecule has 0 saturated heterocycles. The molecule has 2 aromatic rings. The maximum Gasteiger partial charge on any atom is 0.189 e. The SMILES string of the molecule is NCC1COc2ccc3[nH]cnc3c2O1. The second kappa shape index (κ2) is 3.13. The summed E-state index contributed by atoms with van der Waals surface area (Å²) in [6.07, 6.45) is 1.56. The van der Waals surface area contributed by atoms with Crippen molar-refractivity contribution in [3.8, 4) is 11.5 Å². The van der Waals surface area contributed by atoms with Gasteiger partial charge < -0.3 is 20.2 Å². The molecule has 1 aliphatic heterocycles. The molecule has 1 aliphatic rings. The van der Waals surface area contributed by atoms with Crippen molar-refractivity contribution in [2.45, 2.75) is 6.10 Å². The summed E-state index contributed by atoms with van der Waals surface area (Å²) in [5.41, 5.74) is 7.28. The fourth-order valence-electron chi connectivity index (χ4n) is 1.69. The first kappa shape index (κ1) is 8.55. The molecule has 0 saturated carbocycles. The lowest BCUT2D eigenvalue weighted by atomic mass is 10.2. The third kappa shape index (κ3) is 1.24. The Kier molecular flexibility index (Phi) is 1.78. The van der Waals surface area contributed by atoms with Gasteiger partial charge in [-0.25, -0.2) is 4.98 Å². The van der Waals surface area contributed by atoms with E-state index in [2.05, 4.69) is 9.97 Å². The summed E-state index contributed by atoms with van der Waals surface area (Å²) in [5, 5.41) is 0. The number of aromatic amines is 1. The Morgan fingerprint density at radius 2 is 2.47 bits per heavy atom. The van der Waals surface area contributed by atoms with Crippen molar-refractivity contribution >= 4 is 11.0 Å². The number of hydrogen-bond acceptors (Lipinski definition) is 4. The molecule has 0 radical (unpaired) electrons. The summed E-state index contributed by atoms with van der Waals surface area (Å²) in [5.74, 6) is 1.43. The summed E-state index contributed by atoms with van der Waals surface area (Å²) < 4.78 is 11.3. The number of nitrogens with two attached hydrogens (primary N) is 1. The van der Waals surface area contributed by atoms with Crippen LogP contribution >= 0.6 is 0 Å². The summed E-state index contributed by atoms with van der Waals surface area (Å²) in [7, 11) is 0. The molecular formula is C10H11N3O2. The van der Waals surface area contributed by atoms with Gasteiger partial charge in [0, 0.05) is 6.54 Å². The highest BCUT2D eigenvalue weighted by molar-refractivity contribution is 5.84. The number of aromatic nitrogens is 2. The zero-order chi connectivity index (χ0) is 10.3. The monoisotopic (exact) mass is 205 g/mol. The lowest BCUT2D eigenvalue weighted by Gasteiger charge is -2.25. The average Bonchev–Trinajstić information content (AvgIpc) is 2.76. The second-order valence-electron chi connectivity index (χ2n) is 3.48. The predicted octanol–water partition coefficient (Wildman–Crippen LogP) is 0.661. The minimum atomic E-state index is -0.0835. The number of fused-ring (bicyclic) bond motifs is 3. The maximum atomic E-state index is 5.72. The van der Waals surface area contributed by atoms with E-state index >= 15 is 0 Å². The third-order valence-electron chi connectivity index (χ3n) is 2.48. The molecule has 78 valence electrons. The molecule has 5 nitrogen and oxygen atoms in total. The van der Waals surface area contributed by atoms with Gasteiger partial charge in [-0.2, -0.15) is 0 Å². The van der Waals surface area contributed by atoms with Crippen LogP contribution in [-0.2, 0) is 0 Å². The third-order valence-corrected chi connectivity index (χ3v) is 2.48. The highest BCUT2D eigenvalue weighted by Crippen LogP contribution is 2.36. The van der Waals surface area contributed by atoms with E-state index < -0.39 is 0 Å². The molecule has 0 fully saturated rings. The second-order valence-corrected chi connectivity index (χ2v) is 3.48. The van der Waals surface area contributed by atoms with Gasteiger partial charge in [0.25, 0.3) is 0 Å². The number of imidazole rings is 1. The Morgan fingerprint density at radius 3 is 3.33 bits per heavy atom. The van der Waals surface area contributed by atoms with Crippen LogP contribution in [0.25, 0.3) is 11.0 Å². The van der Waals surface area contributed by atoms with Crippen molar-refractivity contribution < 1.29 is 9.47 Å². The summed E-state index contributed by atoms with van der Waals surface area (Å²) in [6.45, 7) is 0.944. The van der Waals surface area contributed by atoms with E-state index in [0.29, 0.717) is 18.9 Å². The van der Waals surface area contributed by atoms with E-state index in [1.54, 1.807) is 6.33 Å². The van der Waals surface area contributed by atoms with Crippen molar-refractivity contribution in [2.75, 3.05) is 13.2 Å². The topological polar surface area (TPSA) is 73.2 Å². The van der Waals surface area contributed by atoms with Crippen LogP contribution in [0, 0.1) is 0 Å². The van der Waals surface area contributed by atoms with Crippen molar-refractivity contribution in [1.82, 2.24) is 9.97 Å². The lowest BCUT2D eigenvalue weighted by Crippen LogP contribution is -2.35. The highest BCUT2D eigenvalue weighted by Gasteiger charge is 2.22. The zero-order valence-corrected chi connectivity index (χ0v) is 8.06. The number of benzene rings is 1. The van der Waals surface area contributed by atoms with Gasteiger partial charge in [0.1, 0.15) is 18.2 Å². The molecule has 1 aromatic carbocycles. The van der Waals surface area contributed by atoms with Gasteiger partial charge in [-0.15, -0.1) is 0 Å². The molecule has 3 rings (SSSR count). The Labute approximate surface area is 86.2 Å². The van der Waals surface area contributed by atoms with Crippen LogP contribution in [0.15, 0.2) is 18.5 Å². The number of H-pyrrole nitrogens is 1. The maximum absolute atomic E-state index is 5.72. The largest absolute Gasteiger partial charge is 0.486 e. The molecule has 0 aliphatic carbocycles. The van der Waals surface area contributed by atoms with E-state index in [1.807, 2.05) is 12.1 Å². The van der Waals surface area contributed by atoms with Crippen LogP contribution in [-0.4, -0.2) is 29.2 Å². The number of rotatable bonds is 1. The van der Waals surface area contributed by atoms with Gasteiger partial charge in [0.2, 0.25) is 0 Å². The first-order chi connectivity index (χ1) is 7.38. The minimum absolute atomic E-state index is 0.0835. The van der Waals surface area contributed by atoms with Crippen LogP contribution in [0.1, 0.15) is 0 Å². The quantitative estimate of drug-likeness (QED) is 0.717. The lowest BCUT2D eigenvalue weighted by molar-refractivity contribution is 0.0987. The van der Waals surface area contributed by atoms with Gasteiger partial charge in [-0.3, -0.25) is 0 Å². The Bertz CT molecular complexity index is 494. The normalized spacial score (nSPS) is 19.4. The van der Waals surface area contributed by atoms with Crippen molar-refractivity contribution in [2.24, 2.45) is 5.73 Å². The molecule has 3 N–H and O–H groups in total. The van der Waals surface area contributed by atoms with E-state index in [1.165, 1.54) is 0 Å². The number of nitrogens with one attached hydrogen (secondary N) is 1. The molecule has 0 spiro atoms. The van der Waals surface area contributed by atoms with Crippen molar-refractivity contribution in [3.05, 3.63) is 18.5 Å². The van der Waals surface area contributed by atoms with Crippen LogP contribution in [0.5, 0.6) is 11.5 Å². The first-order valence-electron chi connectivity index (χ1n) is 4.84. The summed E-state index contributed by atoms with van der Waals surface area (Å²) >= 11 is 0. The predicted molar refractivity (Wildman–Crippen MR) is 55.1 cm³/mol. The van der Waals surface area contributed by atoms with Gasteiger partial charge in [0.05, 0.1) is 11.8 Å². The summed E-state index contributed by atoms with van der Waals surface area (Å²) in [4.78, 5) is 7.22. The van der Waals surface area contributed by atoms with Crippen molar-refractivity contribution in [3.63, 3.8) is 0 Å². The van der Waals surface area contributed by atoms with Crippen LogP contribution in [0.2, 0.25) is 0 Å². The molecule has 15 heavy (non-hydrogen) atoms. The summed E-state index contributed by atoms with van der Waals surface area (Å²) in [6, 6.07) is 3.80. The zero-order valence-electron chi connectivity index (χ0n) is 8.06. The molecular weight excluding hydrogens is 194 g/mol. The number of ether oxygens (including phenoxy) is 2. The standard InChI is InChI=1S/C10H11N3O2/c11-3-6-4-14-8-2-1-7-9(10(8)15-6)13-5-12-7/h1-2,5-6H,3-4,11H2,(H,12,13). The smallest absolute Gasteiger partial charge is 0.189 e. The number of nitrogens with zero attached hydrogens (tertiary/aromatic N) is 1. The molecule has 2 heterocycles. The van der Waals surface area contributed by atoms with Crippen LogP contribution in [0.4, 0.5) is 0 Å². The first-order valence-corrected chi connectivity index (χ1v) is 4.84. The van der Waals surface area contributed by atoms with Crippen molar-refractivity contribution in [1.29, 1.82) is 0 Å². The Hall–Kier alpha value is -1.75. The molecule has 0 amide bonds. The van der Waals surface area contributed by atoms with E-state index in [0.717, 1.165) is 16.8 Å². The molecule has 1 atom stereocenters. The number of hydrogen-bond donors (Lipinski definition) is 2. The molecule has 1 aromatic heterocycles.